The fraction of sp³-hybridized carbons (Fsp3) is 0.842. The highest BCUT2D eigenvalue weighted by atomic mass is 16.6. The van der Waals surface area contributed by atoms with Crippen LogP contribution >= 0.6 is 0 Å². The lowest BCUT2D eigenvalue weighted by molar-refractivity contribution is -0.238. The van der Waals surface area contributed by atoms with Gasteiger partial charge in [-0.2, -0.15) is 0 Å². The molecular weight excluding hydrogens is 869 g/mol. The van der Waals surface area contributed by atoms with Crippen molar-refractivity contribution in [3.05, 3.63) is 35.9 Å². The maximum absolute atomic E-state index is 14.4. The third kappa shape index (κ3) is 27.6. The van der Waals surface area contributed by atoms with E-state index in [1.807, 2.05) is 19.9 Å². The lowest BCUT2D eigenvalue weighted by Gasteiger charge is -2.49. The summed E-state index contributed by atoms with van der Waals surface area (Å²) in [5.74, 6) is -0.814. The number of hydrogen-bond donors (Lipinski definition) is 5. The third-order valence-corrected chi connectivity index (χ3v) is 14.0. The average molecular weight is 973 g/mol. The van der Waals surface area contributed by atoms with Crippen molar-refractivity contribution in [1.82, 2.24) is 15.1 Å². The summed E-state index contributed by atoms with van der Waals surface area (Å²) < 4.78 is 12.0. The number of aliphatic hydroxyl groups excluding tert-OH is 3. The summed E-state index contributed by atoms with van der Waals surface area (Å²) in [6.07, 6.45) is 32.2. The number of nitrogens with zero attached hydrogens (tertiary/aromatic N) is 2. The van der Waals surface area contributed by atoms with Gasteiger partial charge >= 0.3 is 12.1 Å². The number of imide groups is 1. The first-order chi connectivity index (χ1) is 33.6. The van der Waals surface area contributed by atoms with Gasteiger partial charge < -0.3 is 35.8 Å². The largest absolute Gasteiger partial charge is 0.444 e. The lowest BCUT2D eigenvalue weighted by atomic mass is 9.93. The number of benzene rings is 1. The van der Waals surface area contributed by atoms with Crippen molar-refractivity contribution in [3.8, 4) is 0 Å². The van der Waals surface area contributed by atoms with E-state index in [1.165, 1.54) is 159 Å². The molecule has 0 unspecified atom stereocenters. The normalized spacial score (nSPS) is 18.6. The predicted molar refractivity (Wildman–Crippen MR) is 282 cm³/mol. The lowest BCUT2D eigenvalue weighted by Crippen LogP contribution is -2.72. The molecule has 6 atom stereocenters. The molecule has 0 aromatic heterocycles. The summed E-state index contributed by atoms with van der Waals surface area (Å²) in [7, 11) is 0. The van der Waals surface area contributed by atoms with E-state index in [9.17, 15) is 29.7 Å². The summed E-state index contributed by atoms with van der Waals surface area (Å²) in [5, 5.41) is 36.5. The minimum absolute atomic E-state index is 0.000504. The Morgan fingerprint density at radius 1 is 0.638 bits per heavy atom. The molecule has 69 heavy (non-hydrogen) atoms. The first kappa shape index (κ1) is 62.3. The Labute approximate surface area is 421 Å². The molecule has 12 nitrogen and oxygen atoms in total. The van der Waals surface area contributed by atoms with Crippen LogP contribution in [0.25, 0.3) is 0 Å². The second-order valence-corrected chi connectivity index (χ2v) is 20.7. The molecule has 1 aliphatic rings. The molecule has 12 heteroatoms. The van der Waals surface area contributed by atoms with Gasteiger partial charge in [0, 0.05) is 13.1 Å². The molecule has 1 aromatic rings. The molecule has 0 saturated carbocycles. The minimum atomic E-state index is -1.79. The number of rotatable bonds is 42. The van der Waals surface area contributed by atoms with Crippen LogP contribution in [0.2, 0.25) is 0 Å². The minimum Gasteiger partial charge on any atom is -0.444 e. The molecule has 4 amide bonds. The molecule has 0 radical (unpaired) electrons. The van der Waals surface area contributed by atoms with E-state index in [0.29, 0.717) is 18.5 Å². The summed E-state index contributed by atoms with van der Waals surface area (Å²) >= 11 is 0. The van der Waals surface area contributed by atoms with Crippen LogP contribution in [0.3, 0.4) is 0 Å². The molecule has 0 spiro atoms. The SMILES string of the molecule is CCCCCCCCCCCCCCCCCCNC(=O)N(CCCCCCCCCCCCCCCCCC)[C@@H]1O[C@H](CO)[C@@H](O)[C@H](O)[C@H]1N(C(=O)OCc1ccccc1)C(=O)[C@@H](N)CC(C)C. The van der Waals surface area contributed by atoms with Crippen molar-refractivity contribution in [2.45, 2.75) is 283 Å². The number of aliphatic hydroxyl groups is 3. The molecule has 0 aliphatic carbocycles. The van der Waals surface area contributed by atoms with Gasteiger partial charge in [-0.1, -0.05) is 251 Å². The fourth-order valence-electron chi connectivity index (χ4n) is 9.70. The van der Waals surface area contributed by atoms with Gasteiger partial charge in [0.05, 0.1) is 12.6 Å². The highest BCUT2D eigenvalue weighted by Crippen LogP contribution is 2.30. The summed E-state index contributed by atoms with van der Waals surface area (Å²) in [6, 6.07) is 5.81. The molecule has 6 N–H and O–H groups in total. The number of amides is 4. The molecule has 1 aromatic carbocycles. The van der Waals surface area contributed by atoms with Crippen LogP contribution in [0, 0.1) is 5.92 Å². The zero-order chi connectivity index (χ0) is 50.3. The van der Waals surface area contributed by atoms with Crippen molar-refractivity contribution in [2.24, 2.45) is 11.7 Å². The second-order valence-electron chi connectivity index (χ2n) is 20.7. The monoisotopic (exact) mass is 973 g/mol. The molecule has 1 aliphatic heterocycles. The number of nitrogens with two attached hydrogens (primary N) is 1. The molecule has 1 saturated heterocycles. The van der Waals surface area contributed by atoms with Crippen LogP contribution in [-0.2, 0) is 20.9 Å². The maximum Gasteiger partial charge on any atom is 0.417 e. The predicted octanol–water partition coefficient (Wildman–Crippen LogP) is 12.9. The van der Waals surface area contributed by atoms with Crippen LogP contribution in [0.5, 0.6) is 0 Å². The maximum atomic E-state index is 14.4. The molecule has 1 fully saturated rings. The van der Waals surface area contributed by atoms with Crippen molar-refractivity contribution in [3.63, 3.8) is 0 Å². The molecule has 0 bridgehead atoms. The first-order valence-electron chi connectivity index (χ1n) is 28.5. The van der Waals surface area contributed by atoms with Gasteiger partial charge in [-0.15, -0.1) is 0 Å². The number of unbranched alkanes of at least 4 members (excludes halogenated alkanes) is 30. The van der Waals surface area contributed by atoms with Crippen molar-refractivity contribution >= 4 is 18.0 Å². The Morgan fingerprint density at radius 2 is 1.06 bits per heavy atom. The molecule has 1 heterocycles. The van der Waals surface area contributed by atoms with E-state index in [4.69, 9.17) is 15.2 Å². The van der Waals surface area contributed by atoms with Crippen LogP contribution in [0.4, 0.5) is 9.59 Å². The van der Waals surface area contributed by atoms with Gasteiger partial charge in [-0.05, 0) is 30.7 Å². The van der Waals surface area contributed by atoms with Crippen LogP contribution < -0.4 is 11.1 Å². The zero-order valence-corrected chi connectivity index (χ0v) is 44.4. The standard InChI is InChI=1S/C57H104N4O8/c1-5-7-9-11-13-15-17-19-21-23-25-27-29-31-33-38-42-59-56(66)60(43-39-34-32-30-28-26-24-22-20-18-16-14-12-10-8-6-2)55-51(53(64)52(63)50(45-62)69-55)61(54(65)49(58)44-47(3)4)57(67)68-46-48-40-36-35-37-41-48/h35-37,40-41,47,49-53,55,62-64H,5-34,38-39,42-46,58H2,1-4H3,(H,59,66)/t49-,50+,51+,52+,53+,55+/m0/s1. The average Bonchev–Trinajstić information content (AvgIpc) is 3.34. The Morgan fingerprint density at radius 3 is 1.48 bits per heavy atom. The number of urea groups is 1. The van der Waals surface area contributed by atoms with E-state index in [0.717, 1.165) is 49.8 Å². The second kappa shape index (κ2) is 40.8. The smallest absolute Gasteiger partial charge is 0.417 e. The first-order valence-corrected chi connectivity index (χ1v) is 28.5. The molecule has 400 valence electrons. The van der Waals surface area contributed by atoms with Gasteiger partial charge in [0.1, 0.15) is 31.0 Å². The van der Waals surface area contributed by atoms with Gasteiger partial charge in [-0.25, -0.2) is 14.5 Å². The topological polar surface area (TPSA) is 175 Å². The van der Waals surface area contributed by atoms with Gasteiger partial charge in [0.25, 0.3) is 0 Å². The van der Waals surface area contributed by atoms with E-state index in [1.54, 1.807) is 24.3 Å². The number of hydrogen-bond acceptors (Lipinski definition) is 9. The zero-order valence-electron chi connectivity index (χ0n) is 44.4. The summed E-state index contributed by atoms with van der Waals surface area (Å²) in [4.78, 5) is 45.0. The van der Waals surface area contributed by atoms with E-state index < -0.39 is 61.3 Å². The quantitative estimate of drug-likeness (QED) is 0.0399. The number of ether oxygens (including phenoxy) is 2. The van der Waals surface area contributed by atoms with Crippen molar-refractivity contribution in [2.75, 3.05) is 19.7 Å². The van der Waals surface area contributed by atoms with Crippen LogP contribution in [0.15, 0.2) is 30.3 Å². The van der Waals surface area contributed by atoms with Crippen LogP contribution in [-0.4, -0.2) is 99.5 Å². The number of nitrogens with one attached hydrogen (secondary N) is 1. The summed E-state index contributed by atoms with van der Waals surface area (Å²) in [5.41, 5.74) is 7.13. The Bertz CT molecular complexity index is 1400. The molecule has 2 rings (SSSR count). The highest BCUT2D eigenvalue weighted by molar-refractivity contribution is 5.95. The van der Waals surface area contributed by atoms with Crippen LogP contribution in [0.1, 0.15) is 245 Å². The Balaban J connectivity index is 2.10. The number of carbonyl (C=O) groups is 3. The Hall–Kier alpha value is -2.77. The molecular formula is C57H104N4O8. The van der Waals surface area contributed by atoms with E-state index >= 15 is 0 Å². The van der Waals surface area contributed by atoms with Gasteiger partial charge in [0.15, 0.2) is 6.23 Å². The van der Waals surface area contributed by atoms with Gasteiger partial charge in [-0.3, -0.25) is 9.69 Å². The van der Waals surface area contributed by atoms with E-state index in [2.05, 4.69) is 19.2 Å². The van der Waals surface area contributed by atoms with Gasteiger partial charge in [0.2, 0.25) is 5.91 Å². The van der Waals surface area contributed by atoms with Crippen molar-refractivity contribution < 1.29 is 39.2 Å². The van der Waals surface area contributed by atoms with E-state index in [-0.39, 0.29) is 25.5 Å². The summed E-state index contributed by atoms with van der Waals surface area (Å²) in [6.45, 7) is 8.13. The van der Waals surface area contributed by atoms with Crippen molar-refractivity contribution in [1.29, 1.82) is 0 Å². The highest BCUT2D eigenvalue weighted by Gasteiger charge is 2.54. The third-order valence-electron chi connectivity index (χ3n) is 14.0. The number of carbonyl (C=O) groups excluding carboxylic acids is 3. The fourth-order valence-corrected chi connectivity index (χ4v) is 9.70. The Kier molecular flexibility index (Phi) is 36.9.